The number of carbonyl (C=O) groups excluding carboxylic acids is 1. The van der Waals surface area contributed by atoms with Crippen LogP contribution < -0.4 is 5.32 Å². The van der Waals surface area contributed by atoms with Gasteiger partial charge in [-0.25, -0.2) is 4.57 Å². The Kier molecular flexibility index (Phi) is 55.9. The number of nitrogens with one attached hydrogen (secondary N) is 1. The molecule has 0 saturated heterocycles. The number of allylic oxidation sites excluding steroid dienone is 3. The van der Waals surface area contributed by atoms with Crippen molar-refractivity contribution < 1.29 is 32.9 Å². The highest BCUT2D eigenvalue weighted by atomic mass is 31.2. The van der Waals surface area contributed by atoms with Gasteiger partial charge in [-0.3, -0.25) is 13.8 Å². The fourth-order valence-electron chi connectivity index (χ4n) is 10.1. The van der Waals surface area contributed by atoms with Crippen LogP contribution in [0.25, 0.3) is 0 Å². The Bertz CT molecular complexity index is 1260. The lowest BCUT2D eigenvalue weighted by Crippen LogP contribution is -2.45. The predicted molar refractivity (Wildman–Crippen MR) is 323 cm³/mol. The Hall–Kier alpha value is -1.02. The van der Waals surface area contributed by atoms with Gasteiger partial charge in [-0.2, -0.15) is 0 Å². The maximum atomic E-state index is 13.0. The Morgan fingerprint density at radius 2 is 0.743 bits per heavy atom. The van der Waals surface area contributed by atoms with Gasteiger partial charge in [-0.1, -0.05) is 321 Å². The number of phosphoric acid groups is 1. The van der Waals surface area contributed by atoms with Crippen LogP contribution in [0.2, 0.25) is 0 Å². The number of hydrogen-bond donors (Lipinski definition) is 3. The van der Waals surface area contributed by atoms with Gasteiger partial charge in [-0.15, -0.1) is 0 Å². The number of rotatable bonds is 61. The lowest BCUT2D eigenvalue weighted by atomic mass is 10.0. The zero-order chi connectivity index (χ0) is 54.2. The second-order valence-corrected chi connectivity index (χ2v) is 25.3. The molecule has 0 rings (SSSR count). The number of amides is 1. The average molecular weight is 1070 g/mol. The summed E-state index contributed by atoms with van der Waals surface area (Å²) in [6.45, 7) is 4.83. The van der Waals surface area contributed by atoms with Gasteiger partial charge in [0.25, 0.3) is 0 Å². The van der Waals surface area contributed by atoms with E-state index in [-0.39, 0.29) is 19.1 Å². The van der Waals surface area contributed by atoms with E-state index in [1.165, 1.54) is 276 Å². The van der Waals surface area contributed by atoms with Crippen molar-refractivity contribution in [2.24, 2.45) is 0 Å². The van der Waals surface area contributed by atoms with E-state index in [2.05, 4.69) is 31.3 Å². The van der Waals surface area contributed by atoms with E-state index in [0.717, 1.165) is 38.5 Å². The van der Waals surface area contributed by atoms with E-state index in [1.807, 2.05) is 27.2 Å². The number of aliphatic hydroxyl groups is 1. The SMILES string of the molecule is CCCCCCCCCCC/C=C/CC/C=C/C(O)C(COP(=O)(O)OCC[N+](C)(C)C)NC(=O)CCCCCCCCCCCCCCCCCCCCCCCCCCCCCCCCCCCCCCC. The maximum Gasteiger partial charge on any atom is 0.472 e. The number of quaternary nitrogens is 1. The molecule has 0 aromatic carbocycles. The summed E-state index contributed by atoms with van der Waals surface area (Å²) in [5.41, 5.74) is 0. The minimum atomic E-state index is -4.35. The van der Waals surface area contributed by atoms with Crippen LogP contribution in [-0.2, 0) is 18.4 Å². The fraction of sp³-hybridized carbons (Fsp3) is 0.923. The maximum absolute atomic E-state index is 13.0. The summed E-state index contributed by atoms with van der Waals surface area (Å²) in [5, 5.41) is 13.9. The zero-order valence-corrected chi connectivity index (χ0v) is 51.3. The molecule has 0 fully saturated rings. The molecule has 0 bridgehead atoms. The summed E-state index contributed by atoms with van der Waals surface area (Å²) in [6, 6.07) is -0.860. The minimum absolute atomic E-state index is 0.0587. The largest absolute Gasteiger partial charge is 0.472 e. The van der Waals surface area contributed by atoms with E-state index in [9.17, 15) is 19.4 Å². The van der Waals surface area contributed by atoms with Crippen LogP contribution in [0.3, 0.4) is 0 Å². The van der Waals surface area contributed by atoms with Gasteiger partial charge in [0.05, 0.1) is 39.9 Å². The van der Waals surface area contributed by atoms with Crippen LogP contribution in [0.15, 0.2) is 24.3 Å². The summed E-state index contributed by atoms with van der Waals surface area (Å²) in [4.78, 5) is 23.3. The van der Waals surface area contributed by atoms with Crippen LogP contribution in [0.1, 0.15) is 335 Å². The molecule has 0 aliphatic rings. The van der Waals surface area contributed by atoms with Gasteiger partial charge in [0.1, 0.15) is 13.2 Å². The normalized spacial score (nSPS) is 13.9. The van der Waals surface area contributed by atoms with Crippen LogP contribution in [-0.4, -0.2) is 73.4 Å². The first-order valence-corrected chi connectivity index (χ1v) is 34.2. The number of aliphatic hydroxyl groups excluding tert-OH is 1. The second kappa shape index (κ2) is 56.7. The molecule has 9 heteroatoms. The topological polar surface area (TPSA) is 105 Å². The molecule has 8 nitrogen and oxygen atoms in total. The number of likely N-dealkylation sites (N-methyl/N-ethyl adjacent to an activating group) is 1. The quantitative estimate of drug-likeness (QED) is 0.0243. The molecule has 0 saturated carbocycles. The summed E-state index contributed by atoms with van der Waals surface area (Å²) in [6.07, 6.45) is 73.4. The lowest BCUT2D eigenvalue weighted by molar-refractivity contribution is -0.870. The third kappa shape index (κ3) is 58.7. The van der Waals surface area contributed by atoms with Crippen molar-refractivity contribution in [1.29, 1.82) is 0 Å². The summed E-state index contributed by atoms with van der Waals surface area (Å²) in [5.74, 6) is -0.180. The lowest BCUT2D eigenvalue weighted by Gasteiger charge is -2.25. The van der Waals surface area contributed by atoms with Crippen molar-refractivity contribution in [1.82, 2.24) is 5.32 Å². The Labute approximate surface area is 462 Å². The summed E-state index contributed by atoms with van der Waals surface area (Å²) < 4.78 is 23.7. The number of hydrogen-bond acceptors (Lipinski definition) is 5. The Morgan fingerprint density at radius 1 is 0.446 bits per heavy atom. The first kappa shape index (κ1) is 73.0. The summed E-state index contributed by atoms with van der Waals surface area (Å²) in [7, 11) is 1.57. The summed E-state index contributed by atoms with van der Waals surface area (Å²) >= 11 is 0. The molecule has 1 amide bonds. The highest BCUT2D eigenvalue weighted by molar-refractivity contribution is 7.47. The number of unbranched alkanes of at least 4 members (excludes halogenated alkanes) is 46. The molecule has 0 aromatic heterocycles. The van der Waals surface area contributed by atoms with Crippen LogP contribution in [0.4, 0.5) is 0 Å². The van der Waals surface area contributed by atoms with Gasteiger partial charge in [0.15, 0.2) is 0 Å². The highest BCUT2D eigenvalue weighted by Crippen LogP contribution is 2.43. The first-order valence-electron chi connectivity index (χ1n) is 32.7. The molecular formula is C65H130N2O6P+. The average Bonchev–Trinajstić information content (AvgIpc) is 3.36. The predicted octanol–water partition coefficient (Wildman–Crippen LogP) is 20.3. The molecule has 3 unspecified atom stereocenters. The van der Waals surface area contributed by atoms with Gasteiger partial charge >= 0.3 is 7.82 Å². The van der Waals surface area contributed by atoms with Crippen molar-refractivity contribution in [2.45, 2.75) is 347 Å². The number of phosphoric ester groups is 1. The standard InChI is InChI=1S/C65H129N2O6P/c1-6-8-10-12-14-16-18-20-22-23-24-25-26-27-28-29-30-31-32-33-34-35-36-37-38-39-40-41-42-43-45-47-49-51-53-55-57-59-65(69)66-63(62-73-74(70,71)72-61-60-67(3,4)5)64(68)58-56-54-52-50-48-46-44-21-19-17-15-13-11-9-7-2/h48,50,56,58,63-64,68H,6-47,49,51-55,57,59-62H2,1-5H3,(H-,66,69,70,71)/p+1/b50-48+,58-56+. The fourth-order valence-corrected chi connectivity index (χ4v) is 10.8. The molecule has 440 valence electrons. The first-order chi connectivity index (χ1) is 36.0. The Balaban J connectivity index is 3.91. The van der Waals surface area contributed by atoms with Gasteiger partial charge < -0.3 is 19.8 Å². The molecule has 0 radical (unpaired) electrons. The monoisotopic (exact) mass is 1070 g/mol. The minimum Gasteiger partial charge on any atom is -0.387 e. The molecule has 0 aliphatic carbocycles. The van der Waals surface area contributed by atoms with E-state index < -0.39 is 20.0 Å². The van der Waals surface area contributed by atoms with E-state index >= 15 is 0 Å². The van der Waals surface area contributed by atoms with Crippen molar-refractivity contribution in [3.8, 4) is 0 Å². The third-order valence-corrected chi connectivity index (χ3v) is 16.2. The van der Waals surface area contributed by atoms with Crippen LogP contribution in [0, 0.1) is 0 Å². The van der Waals surface area contributed by atoms with Gasteiger partial charge in [0.2, 0.25) is 5.91 Å². The second-order valence-electron chi connectivity index (χ2n) is 23.8. The zero-order valence-electron chi connectivity index (χ0n) is 50.4. The number of nitrogens with zero attached hydrogens (tertiary/aromatic N) is 1. The third-order valence-electron chi connectivity index (χ3n) is 15.2. The van der Waals surface area contributed by atoms with Crippen molar-refractivity contribution in [3.63, 3.8) is 0 Å². The molecule has 3 atom stereocenters. The van der Waals surface area contributed by atoms with Crippen molar-refractivity contribution in [2.75, 3.05) is 40.9 Å². The van der Waals surface area contributed by atoms with E-state index in [4.69, 9.17) is 9.05 Å². The highest BCUT2D eigenvalue weighted by Gasteiger charge is 2.28. The molecule has 0 aromatic rings. The van der Waals surface area contributed by atoms with Gasteiger partial charge in [-0.05, 0) is 32.1 Å². The smallest absolute Gasteiger partial charge is 0.387 e. The van der Waals surface area contributed by atoms with Gasteiger partial charge in [0, 0.05) is 6.42 Å². The van der Waals surface area contributed by atoms with E-state index in [1.54, 1.807) is 6.08 Å². The molecule has 0 spiro atoms. The van der Waals surface area contributed by atoms with Crippen molar-refractivity contribution >= 4 is 13.7 Å². The molecule has 0 heterocycles. The van der Waals surface area contributed by atoms with Crippen molar-refractivity contribution in [3.05, 3.63) is 24.3 Å². The Morgan fingerprint density at radius 3 is 1.08 bits per heavy atom. The molecule has 0 aliphatic heterocycles. The molecule has 74 heavy (non-hydrogen) atoms. The van der Waals surface area contributed by atoms with Crippen LogP contribution >= 0.6 is 7.82 Å². The van der Waals surface area contributed by atoms with E-state index in [0.29, 0.717) is 17.4 Å². The van der Waals surface area contributed by atoms with Crippen LogP contribution in [0.5, 0.6) is 0 Å². The molecule has 3 N–H and O–H groups in total. The molecular weight excluding hydrogens is 936 g/mol. The number of carbonyl (C=O) groups is 1.